The molecule has 2 unspecified atom stereocenters. The Morgan fingerprint density at radius 2 is 2.11 bits per heavy atom. The van der Waals surface area contributed by atoms with Gasteiger partial charge in [-0.15, -0.1) is 0 Å². The van der Waals surface area contributed by atoms with E-state index in [1.807, 2.05) is 6.07 Å². The first-order chi connectivity index (χ1) is 8.66. The Morgan fingerprint density at radius 3 is 2.78 bits per heavy atom. The number of rotatable bonds is 5. The molecule has 0 spiro atoms. The van der Waals surface area contributed by atoms with Crippen LogP contribution in [0.15, 0.2) is 30.3 Å². The molecule has 4 nitrogen and oxygen atoms in total. The van der Waals surface area contributed by atoms with Crippen LogP contribution in [0.25, 0.3) is 0 Å². The van der Waals surface area contributed by atoms with Crippen LogP contribution in [0.3, 0.4) is 0 Å². The number of likely N-dealkylation sites (tertiary alicyclic amines) is 1. The number of nitrogens with two attached hydrogens (primary N) is 2. The topological polar surface area (TPSA) is 72.3 Å². The average Bonchev–Trinajstić information content (AvgIpc) is 2.85. The van der Waals surface area contributed by atoms with Gasteiger partial charge < -0.3 is 16.4 Å². The Labute approximate surface area is 108 Å². The van der Waals surface area contributed by atoms with Gasteiger partial charge in [0.1, 0.15) is 0 Å². The van der Waals surface area contributed by atoms with E-state index in [0.29, 0.717) is 12.3 Å². The van der Waals surface area contributed by atoms with Crippen molar-refractivity contribution in [2.24, 2.45) is 11.5 Å². The number of hydrogen-bond acceptors (Lipinski definition) is 3. The molecule has 1 fully saturated rings. The normalized spacial score (nSPS) is 21.9. The molecule has 18 heavy (non-hydrogen) atoms. The summed E-state index contributed by atoms with van der Waals surface area (Å²) in [6, 6.07) is 10.1. The quantitative estimate of drug-likeness (QED) is 0.803. The van der Waals surface area contributed by atoms with Crippen LogP contribution in [0.4, 0.5) is 0 Å². The van der Waals surface area contributed by atoms with Crippen LogP contribution in [0.1, 0.15) is 24.3 Å². The number of benzene rings is 1. The number of carbonyl (C=O) groups is 1. The van der Waals surface area contributed by atoms with Crippen LogP contribution in [0.2, 0.25) is 0 Å². The van der Waals surface area contributed by atoms with E-state index in [-0.39, 0.29) is 0 Å². The van der Waals surface area contributed by atoms with Gasteiger partial charge in [0, 0.05) is 13.1 Å². The van der Waals surface area contributed by atoms with E-state index in [1.54, 1.807) is 0 Å². The first-order valence-electron chi connectivity index (χ1n) is 6.49. The summed E-state index contributed by atoms with van der Waals surface area (Å²) in [5.41, 5.74) is 12.2. The van der Waals surface area contributed by atoms with Crippen molar-refractivity contribution in [2.45, 2.75) is 24.8 Å². The maximum atomic E-state index is 10.9. The average molecular weight is 247 g/mol. The summed E-state index contributed by atoms with van der Waals surface area (Å²) < 4.78 is 0. The monoisotopic (exact) mass is 247 g/mol. The molecule has 0 saturated carbocycles. The first kappa shape index (κ1) is 13.1. The third-order valence-electron chi connectivity index (χ3n) is 3.67. The van der Waals surface area contributed by atoms with Gasteiger partial charge in [-0.05, 0) is 30.9 Å². The molecule has 1 aromatic rings. The molecule has 2 rings (SSSR count). The molecule has 4 heteroatoms. The molecule has 1 amide bonds. The SMILES string of the molecule is NC(=O)C(N)CCN1CCC(c2ccccc2)C1. The van der Waals surface area contributed by atoms with Gasteiger partial charge in [0.2, 0.25) is 5.91 Å². The minimum atomic E-state index is -0.513. The van der Waals surface area contributed by atoms with Crippen molar-refractivity contribution in [3.8, 4) is 0 Å². The second-order valence-corrected chi connectivity index (χ2v) is 4.99. The predicted molar refractivity (Wildman–Crippen MR) is 72.0 cm³/mol. The minimum absolute atomic E-state index is 0.409. The van der Waals surface area contributed by atoms with Crippen LogP contribution in [0, 0.1) is 0 Å². The van der Waals surface area contributed by atoms with Gasteiger partial charge in [-0.25, -0.2) is 0 Å². The fourth-order valence-electron chi connectivity index (χ4n) is 2.50. The lowest BCUT2D eigenvalue weighted by Crippen LogP contribution is -2.39. The van der Waals surface area contributed by atoms with Gasteiger partial charge >= 0.3 is 0 Å². The van der Waals surface area contributed by atoms with Crippen LogP contribution in [-0.2, 0) is 4.79 Å². The highest BCUT2D eigenvalue weighted by molar-refractivity contribution is 5.79. The Kier molecular flexibility index (Phi) is 4.33. The van der Waals surface area contributed by atoms with Gasteiger partial charge in [0.25, 0.3) is 0 Å². The maximum Gasteiger partial charge on any atom is 0.234 e. The Morgan fingerprint density at radius 1 is 1.39 bits per heavy atom. The van der Waals surface area contributed by atoms with E-state index in [1.165, 1.54) is 12.0 Å². The van der Waals surface area contributed by atoms with E-state index < -0.39 is 11.9 Å². The van der Waals surface area contributed by atoms with E-state index in [2.05, 4.69) is 29.2 Å². The number of primary amides is 1. The molecular formula is C14H21N3O. The Hall–Kier alpha value is -1.39. The number of nitrogens with zero attached hydrogens (tertiary/aromatic N) is 1. The Bertz CT molecular complexity index is 393. The first-order valence-corrected chi connectivity index (χ1v) is 6.49. The van der Waals surface area contributed by atoms with Crippen molar-refractivity contribution < 1.29 is 4.79 Å². The third-order valence-corrected chi connectivity index (χ3v) is 3.67. The predicted octanol–water partition coefficient (Wildman–Crippen LogP) is 0.679. The minimum Gasteiger partial charge on any atom is -0.368 e. The lowest BCUT2D eigenvalue weighted by Gasteiger charge is -2.17. The van der Waals surface area contributed by atoms with Crippen LogP contribution >= 0.6 is 0 Å². The summed E-state index contributed by atoms with van der Waals surface area (Å²) in [4.78, 5) is 13.2. The molecule has 98 valence electrons. The molecule has 1 heterocycles. The zero-order valence-corrected chi connectivity index (χ0v) is 10.6. The largest absolute Gasteiger partial charge is 0.368 e. The summed E-state index contributed by atoms with van der Waals surface area (Å²) in [6.45, 7) is 2.98. The van der Waals surface area contributed by atoms with Crippen molar-refractivity contribution >= 4 is 5.91 Å². The van der Waals surface area contributed by atoms with E-state index in [0.717, 1.165) is 19.6 Å². The van der Waals surface area contributed by atoms with Crippen molar-refractivity contribution in [1.29, 1.82) is 0 Å². The number of amides is 1. The molecule has 0 aliphatic carbocycles. The van der Waals surface area contributed by atoms with Gasteiger partial charge in [-0.1, -0.05) is 30.3 Å². The molecule has 1 aromatic carbocycles. The smallest absolute Gasteiger partial charge is 0.234 e. The molecule has 1 aliphatic rings. The molecule has 4 N–H and O–H groups in total. The summed E-state index contributed by atoms with van der Waals surface area (Å²) in [7, 11) is 0. The Balaban J connectivity index is 1.80. The van der Waals surface area contributed by atoms with Gasteiger partial charge in [0.15, 0.2) is 0 Å². The number of carbonyl (C=O) groups excluding carboxylic acids is 1. The third kappa shape index (κ3) is 3.31. The fourth-order valence-corrected chi connectivity index (χ4v) is 2.50. The van der Waals surface area contributed by atoms with E-state index >= 15 is 0 Å². The summed E-state index contributed by atoms with van der Waals surface area (Å²) >= 11 is 0. The molecule has 1 saturated heterocycles. The summed E-state index contributed by atoms with van der Waals surface area (Å²) in [5.74, 6) is 0.199. The molecule has 2 atom stereocenters. The molecular weight excluding hydrogens is 226 g/mol. The van der Waals surface area contributed by atoms with Crippen molar-refractivity contribution in [2.75, 3.05) is 19.6 Å². The van der Waals surface area contributed by atoms with Crippen molar-refractivity contribution in [3.05, 3.63) is 35.9 Å². The fraction of sp³-hybridized carbons (Fsp3) is 0.500. The highest BCUT2D eigenvalue weighted by atomic mass is 16.1. The summed E-state index contributed by atoms with van der Waals surface area (Å²) in [6.07, 6.45) is 1.83. The van der Waals surface area contributed by atoms with E-state index in [9.17, 15) is 4.79 Å². The van der Waals surface area contributed by atoms with Crippen molar-refractivity contribution in [3.63, 3.8) is 0 Å². The maximum absolute atomic E-state index is 10.9. The molecule has 0 bridgehead atoms. The second kappa shape index (κ2) is 5.98. The highest BCUT2D eigenvalue weighted by Crippen LogP contribution is 2.26. The lowest BCUT2D eigenvalue weighted by molar-refractivity contribution is -0.119. The van der Waals surface area contributed by atoms with Gasteiger partial charge in [-0.3, -0.25) is 4.79 Å². The zero-order chi connectivity index (χ0) is 13.0. The van der Waals surface area contributed by atoms with Gasteiger partial charge in [0.05, 0.1) is 6.04 Å². The van der Waals surface area contributed by atoms with Crippen molar-refractivity contribution in [1.82, 2.24) is 4.90 Å². The molecule has 1 aliphatic heterocycles. The van der Waals surface area contributed by atoms with Crippen LogP contribution < -0.4 is 11.5 Å². The standard InChI is InChI=1S/C14H21N3O/c15-13(14(16)18)7-9-17-8-6-12(10-17)11-4-2-1-3-5-11/h1-5,12-13H,6-10,15H2,(H2,16,18). The highest BCUT2D eigenvalue weighted by Gasteiger charge is 2.24. The summed E-state index contributed by atoms with van der Waals surface area (Å²) in [5, 5.41) is 0. The van der Waals surface area contributed by atoms with Crippen LogP contribution in [-0.4, -0.2) is 36.5 Å². The molecule has 0 aromatic heterocycles. The number of hydrogen-bond donors (Lipinski definition) is 2. The van der Waals surface area contributed by atoms with Crippen LogP contribution in [0.5, 0.6) is 0 Å². The van der Waals surface area contributed by atoms with E-state index in [4.69, 9.17) is 11.5 Å². The lowest BCUT2D eigenvalue weighted by atomic mass is 9.99. The zero-order valence-electron chi connectivity index (χ0n) is 10.6. The molecule has 0 radical (unpaired) electrons. The van der Waals surface area contributed by atoms with Gasteiger partial charge in [-0.2, -0.15) is 0 Å². The second-order valence-electron chi connectivity index (χ2n) is 4.99.